The summed E-state index contributed by atoms with van der Waals surface area (Å²) in [4.78, 5) is 16.1. The zero-order valence-electron chi connectivity index (χ0n) is 17.8. The Morgan fingerprint density at radius 3 is 2.31 bits per heavy atom. The molecule has 1 N–H and O–H groups in total. The molecule has 0 saturated carbocycles. The molecule has 0 atom stereocenters. The molecule has 0 radical (unpaired) electrons. The van der Waals surface area contributed by atoms with Gasteiger partial charge in [-0.05, 0) is 42.3 Å². The van der Waals surface area contributed by atoms with Crippen molar-refractivity contribution in [3.8, 4) is 23.1 Å². The highest BCUT2D eigenvalue weighted by Gasteiger charge is 2.30. The van der Waals surface area contributed by atoms with E-state index >= 15 is 0 Å². The van der Waals surface area contributed by atoms with E-state index in [1.165, 1.54) is 23.9 Å². The van der Waals surface area contributed by atoms with Crippen molar-refractivity contribution in [1.29, 1.82) is 0 Å². The van der Waals surface area contributed by atoms with Gasteiger partial charge in [-0.3, -0.25) is 4.79 Å². The molecule has 2 aromatic carbocycles. The lowest BCUT2D eigenvalue weighted by atomic mass is 10.1. The van der Waals surface area contributed by atoms with Crippen molar-refractivity contribution in [2.75, 3.05) is 25.6 Å². The number of rotatable bonds is 8. The van der Waals surface area contributed by atoms with Gasteiger partial charge in [0.25, 0.3) is 0 Å². The van der Waals surface area contributed by atoms with Crippen LogP contribution in [0.2, 0.25) is 0 Å². The van der Waals surface area contributed by atoms with Crippen LogP contribution in [0, 0.1) is 5.92 Å². The number of benzene rings is 2. The summed E-state index contributed by atoms with van der Waals surface area (Å²) in [5.74, 6) is 0.274. The van der Waals surface area contributed by atoms with Gasteiger partial charge in [-0.15, -0.1) is 5.10 Å². The second kappa shape index (κ2) is 9.82. The van der Waals surface area contributed by atoms with Gasteiger partial charge in [-0.2, -0.15) is 18.2 Å². The van der Waals surface area contributed by atoms with Crippen LogP contribution in [0.1, 0.15) is 19.4 Å². The minimum absolute atomic E-state index is 0.0700. The minimum atomic E-state index is -4.43. The fourth-order valence-corrected chi connectivity index (χ4v) is 2.78. The van der Waals surface area contributed by atoms with E-state index in [0.29, 0.717) is 29.4 Å². The van der Waals surface area contributed by atoms with Gasteiger partial charge < -0.3 is 14.8 Å². The van der Waals surface area contributed by atoms with Crippen molar-refractivity contribution in [3.05, 3.63) is 54.1 Å². The first-order valence-electron chi connectivity index (χ1n) is 9.84. The maximum absolute atomic E-state index is 12.9. The van der Waals surface area contributed by atoms with Crippen LogP contribution < -0.4 is 10.1 Å². The van der Waals surface area contributed by atoms with Gasteiger partial charge in [0.05, 0.1) is 17.9 Å². The van der Waals surface area contributed by atoms with Crippen molar-refractivity contribution in [2.24, 2.45) is 5.92 Å². The van der Waals surface area contributed by atoms with Crippen molar-refractivity contribution < 1.29 is 27.4 Å². The van der Waals surface area contributed by atoms with E-state index in [4.69, 9.17) is 9.47 Å². The Labute approximate surface area is 183 Å². The molecule has 0 fully saturated rings. The average molecular weight is 448 g/mol. The zero-order valence-corrected chi connectivity index (χ0v) is 17.8. The summed E-state index contributed by atoms with van der Waals surface area (Å²) >= 11 is 0. The van der Waals surface area contributed by atoms with E-state index in [1.54, 1.807) is 24.3 Å². The molecule has 0 unspecified atom stereocenters. The smallest absolute Gasteiger partial charge is 0.416 e. The normalized spacial score (nSPS) is 11.6. The molecule has 0 aliphatic heterocycles. The minimum Gasteiger partial charge on any atom is -0.462 e. The van der Waals surface area contributed by atoms with Gasteiger partial charge in [-0.1, -0.05) is 26.0 Å². The predicted octanol–water partition coefficient (Wildman–Crippen LogP) is 4.57. The number of halogens is 3. The van der Waals surface area contributed by atoms with Crippen LogP contribution >= 0.6 is 0 Å². The number of nitrogens with one attached hydrogen (secondary N) is 1. The Bertz CT molecular complexity index is 1050. The number of methoxy groups -OCH3 is 1. The maximum atomic E-state index is 12.9. The molecule has 7 nitrogen and oxygen atoms in total. The van der Waals surface area contributed by atoms with Gasteiger partial charge in [0.2, 0.25) is 5.91 Å². The van der Waals surface area contributed by atoms with Gasteiger partial charge in [-0.25, -0.2) is 4.68 Å². The molecular formula is C22H23F3N4O3. The largest absolute Gasteiger partial charge is 0.462 e. The summed E-state index contributed by atoms with van der Waals surface area (Å²) in [7, 11) is 1.43. The van der Waals surface area contributed by atoms with E-state index in [9.17, 15) is 18.0 Å². The van der Waals surface area contributed by atoms with Crippen LogP contribution in [0.15, 0.2) is 48.5 Å². The quantitative estimate of drug-likeness (QED) is 0.546. The van der Waals surface area contributed by atoms with Crippen molar-refractivity contribution >= 4 is 11.6 Å². The Morgan fingerprint density at radius 1 is 1.09 bits per heavy atom. The van der Waals surface area contributed by atoms with E-state index in [-0.39, 0.29) is 24.4 Å². The van der Waals surface area contributed by atoms with Crippen LogP contribution in [0.3, 0.4) is 0 Å². The first kappa shape index (κ1) is 23.3. The Morgan fingerprint density at radius 2 is 1.75 bits per heavy atom. The third-order valence-electron chi connectivity index (χ3n) is 4.27. The Hall–Kier alpha value is -3.40. The van der Waals surface area contributed by atoms with Crippen LogP contribution in [0.5, 0.6) is 6.01 Å². The molecular weight excluding hydrogens is 425 g/mol. The molecule has 32 heavy (non-hydrogen) atoms. The number of aromatic nitrogens is 3. The standard InChI is InChI=1S/C22H23F3N4O3/c1-14(2)12-32-21-27-20(15-4-6-16(7-5-15)22(23,24)25)29(28-21)18-10-8-17(9-11-18)26-19(30)13-31-3/h4-11,14H,12-13H2,1-3H3,(H,26,30). The van der Waals surface area contributed by atoms with Crippen molar-refractivity contribution in [1.82, 2.24) is 14.8 Å². The fourth-order valence-electron chi connectivity index (χ4n) is 2.78. The third kappa shape index (κ3) is 5.85. The monoisotopic (exact) mass is 448 g/mol. The predicted molar refractivity (Wildman–Crippen MR) is 113 cm³/mol. The lowest BCUT2D eigenvalue weighted by Crippen LogP contribution is -2.17. The number of carbonyl (C=O) groups is 1. The molecule has 0 spiro atoms. The molecule has 1 aromatic heterocycles. The highest BCUT2D eigenvalue weighted by molar-refractivity contribution is 5.91. The number of nitrogens with zero attached hydrogens (tertiary/aromatic N) is 3. The van der Waals surface area contributed by atoms with Crippen LogP contribution in [-0.2, 0) is 15.7 Å². The Kier molecular flexibility index (Phi) is 7.14. The van der Waals surface area contributed by atoms with Crippen LogP contribution in [0.4, 0.5) is 18.9 Å². The molecule has 10 heteroatoms. The topological polar surface area (TPSA) is 78.3 Å². The first-order valence-corrected chi connectivity index (χ1v) is 9.84. The molecule has 0 aliphatic rings. The first-order chi connectivity index (χ1) is 15.2. The van der Waals surface area contributed by atoms with Gasteiger partial charge >= 0.3 is 12.2 Å². The summed E-state index contributed by atoms with van der Waals surface area (Å²) in [6.07, 6.45) is -4.43. The van der Waals surface area contributed by atoms with E-state index in [1.807, 2.05) is 13.8 Å². The Balaban J connectivity index is 1.94. The fraction of sp³-hybridized carbons (Fsp3) is 0.318. The number of amides is 1. The zero-order chi connectivity index (χ0) is 23.3. The van der Waals surface area contributed by atoms with Gasteiger partial charge in [0.15, 0.2) is 5.82 Å². The number of hydrogen-bond acceptors (Lipinski definition) is 5. The molecule has 3 rings (SSSR count). The molecule has 1 heterocycles. The molecule has 0 bridgehead atoms. The number of anilines is 1. The van der Waals surface area contributed by atoms with E-state index in [2.05, 4.69) is 15.4 Å². The highest BCUT2D eigenvalue weighted by atomic mass is 19.4. The number of carbonyl (C=O) groups excluding carboxylic acids is 1. The summed E-state index contributed by atoms with van der Waals surface area (Å²) in [6, 6.07) is 11.6. The number of hydrogen-bond donors (Lipinski definition) is 1. The van der Waals surface area contributed by atoms with Gasteiger partial charge in [0, 0.05) is 18.4 Å². The van der Waals surface area contributed by atoms with E-state index in [0.717, 1.165) is 12.1 Å². The maximum Gasteiger partial charge on any atom is 0.416 e. The molecule has 0 aliphatic carbocycles. The molecule has 170 valence electrons. The summed E-state index contributed by atoms with van der Waals surface area (Å²) < 4.78 is 50.7. The summed E-state index contributed by atoms with van der Waals surface area (Å²) in [5, 5.41) is 7.06. The molecule has 0 saturated heterocycles. The van der Waals surface area contributed by atoms with Crippen LogP contribution in [0.25, 0.3) is 17.1 Å². The SMILES string of the molecule is COCC(=O)Nc1ccc(-n2nc(OCC(C)C)nc2-c2ccc(C(F)(F)F)cc2)cc1. The van der Waals surface area contributed by atoms with Crippen LogP contribution in [-0.4, -0.2) is 41.0 Å². The van der Waals surface area contributed by atoms with Crippen molar-refractivity contribution in [3.63, 3.8) is 0 Å². The average Bonchev–Trinajstić information content (AvgIpc) is 3.17. The third-order valence-corrected chi connectivity index (χ3v) is 4.27. The molecule has 3 aromatic rings. The number of ether oxygens (including phenoxy) is 2. The summed E-state index contributed by atoms with van der Waals surface area (Å²) in [5.41, 5.74) is 0.849. The van der Waals surface area contributed by atoms with Gasteiger partial charge in [0.1, 0.15) is 6.61 Å². The lowest BCUT2D eigenvalue weighted by Gasteiger charge is -2.09. The molecule has 1 amide bonds. The lowest BCUT2D eigenvalue weighted by molar-refractivity contribution is -0.137. The second-order valence-corrected chi connectivity index (χ2v) is 7.44. The van der Waals surface area contributed by atoms with Crippen molar-refractivity contribution in [2.45, 2.75) is 20.0 Å². The highest BCUT2D eigenvalue weighted by Crippen LogP contribution is 2.31. The summed E-state index contributed by atoms with van der Waals surface area (Å²) in [6.45, 7) is 4.27. The number of alkyl halides is 3. The second-order valence-electron chi connectivity index (χ2n) is 7.44. The van der Waals surface area contributed by atoms with E-state index < -0.39 is 11.7 Å².